The van der Waals surface area contributed by atoms with Crippen LogP contribution < -0.4 is 10.1 Å². The fraction of sp³-hybridized carbons (Fsp3) is 0.320. The molecule has 1 saturated heterocycles. The molecule has 1 aliphatic rings. The molecule has 0 aliphatic carbocycles. The van der Waals surface area contributed by atoms with E-state index in [4.69, 9.17) is 21.3 Å². The molecule has 0 saturated carbocycles. The van der Waals surface area contributed by atoms with Crippen molar-refractivity contribution >= 4 is 40.6 Å². The first-order valence-corrected chi connectivity index (χ1v) is 13.1. The molecule has 0 radical (unpaired) electrons. The Bertz CT molecular complexity index is 1330. The number of anilines is 2. The molecule has 1 N–H and O–H groups in total. The van der Waals surface area contributed by atoms with E-state index in [1.54, 1.807) is 46.7 Å². The topological polar surface area (TPSA) is 70.8 Å². The Kier molecular flexibility index (Phi) is 7.86. The molecule has 5 rings (SSSR count). The number of nitrogens with one attached hydrogen (secondary N) is 1. The minimum atomic E-state index is -0.298. The van der Waals surface area contributed by atoms with E-state index in [9.17, 15) is 4.39 Å². The van der Waals surface area contributed by atoms with Gasteiger partial charge in [0.2, 0.25) is 5.95 Å². The molecule has 1 fully saturated rings. The van der Waals surface area contributed by atoms with Gasteiger partial charge in [-0.15, -0.1) is 0 Å². The number of hydrogen-bond acceptors (Lipinski definition) is 8. The summed E-state index contributed by atoms with van der Waals surface area (Å²) in [6.45, 7) is 5.62. The van der Waals surface area contributed by atoms with Gasteiger partial charge in [-0.3, -0.25) is 4.90 Å². The van der Waals surface area contributed by atoms with E-state index in [2.05, 4.69) is 32.2 Å². The molecular formula is C25H27ClFN7OS. The number of hydrogen-bond donors (Lipinski definition) is 1. The molecule has 2 aromatic carbocycles. The first-order valence-electron chi connectivity index (χ1n) is 11.7. The molecule has 4 aromatic rings. The number of halogens is 2. The average Bonchev–Trinajstić information content (AvgIpc) is 3.34. The van der Waals surface area contributed by atoms with Gasteiger partial charge >= 0.3 is 0 Å². The van der Waals surface area contributed by atoms with E-state index < -0.39 is 0 Å². The first-order chi connectivity index (χ1) is 17.5. The molecule has 0 unspecified atom stereocenters. The Hall–Kier alpha value is -2.92. The second-order valence-corrected chi connectivity index (χ2v) is 10.1. The van der Waals surface area contributed by atoms with Gasteiger partial charge in [0.1, 0.15) is 18.2 Å². The molecule has 11 heteroatoms. The SMILES string of the molecule is CN1CCN(CCSc2nc(Nc3ccc(OCc4cccc(F)c4)c(Cl)c3)n3nccc3n2)CC1. The van der Waals surface area contributed by atoms with Gasteiger partial charge in [0.15, 0.2) is 10.8 Å². The van der Waals surface area contributed by atoms with Crippen molar-refractivity contribution in [1.82, 2.24) is 29.4 Å². The maximum absolute atomic E-state index is 13.4. The number of fused-ring (bicyclic) bond motifs is 1. The number of benzene rings is 2. The standard InChI is InChI=1S/C25H27ClFN7OS/c1-32-9-11-33(12-10-32)13-14-36-25-30-23-7-8-28-34(23)24(31-25)29-20-5-6-22(21(26)16-20)35-17-18-3-2-4-19(27)15-18/h2-8,15-16H,9-14,17H2,1H3,(H,29,30,31). The van der Waals surface area contributed by atoms with Crippen molar-refractivity contribution in [2.75, 3.05) is 50.8 Å². The monoisotopic (exact) mass is 527 g/mol. The highest BCUT2D eigenvalue weighted by Crippen LogP contribution is 2.30. The lowest BCUT2D eigenvalue weighted by Crippen LogP contribution is -2.45. The van der Waals surface area contributed by atoms with Crippen LogP contribution in [-0.4, -0.2) is 74.9 Å². The zero-order valence-electron chi connectivity index (χ0n) is 19.9. The van der Waals surface area contributed by atoms with Crippen LogP contribution in [0.4, 0.5) is 16.0 Å². The van der Waals surface area contributed by atoms with Gasteiger partial charge in [-0.05, 0) is 42.9 Å². The fourth-order valence-corrected chi connectivity index (χ4v) is 4.98. The van der Waals surface area contributed by atoms with Crippen LogP contribution in [0.5, 0.6) is 5.75 Å². The van der Waals surface area contributed by atoms with E-state index in [-0.39, 0.29) is 12.4 Å². The molecule has 1 aliphatic heterocycles. The van der Waals surface area contributed by atoms with E-state index in [0.29, 0.717) is 21.9 Å². The summed E-state index contributed by atoms with van der Waals surface area (Å²) in [4.78, 5) is 14.2. The van der Waals surface area contributed by atoms with Crippen molar-refractivity contribution in [3.63, 3.8) is 0 Å². The van der Waals surface area contributed by atoms with Crippen molar-refractivity contribution in [2.45, 2.75) is 11.8 Å². The maximum Gasteiger partial charge on any atom is 0.232 e. The van der Waals surface area contributed by atoms with E-state index >= 15 is 0 Å². The molecule has 2 aromatic heterocycles. The lowest BCUT2D eigenvalue weighted by Gasteiger charge is -2.32. The molecule has 3 heterocycles. The molecule has 0 bridgehead atoms. The van der Waals surface area contributed by atoms with Crippen LogP contribution in [0, 0.1) is 5.82 Å². The molecule has 36 heavy (non-hydrogen) atoms. The van der Waals surface area contributed by atoms with Gasteiger partial charge in [0.05, 0.1) is 11.2 Å². The van der Waals surface area contributed by atoms with Gasteiger partial charge in [-0.2, -0.15) is 14.6 Å². The zero-order chi connectivity index (χ0) is 24.9. The Morgan fingerprint density at radius 3 is 2.75 bits per heavy atom. The van der Waals surface area contributed by atoms with Crippen molar-refractivity contribution in [3.8, 4) is 5.75 Å². The second-order valence-electron chi connectivity index (χ2n) is 8.61. The van der Waals surface area contributed by atoms with Crippen molar-refractivity contribution < 1.29 is 9.13 Å². The molecule has 0 amide bonds. The quantitative estimate of drug-likeness (QED) is 0.317. The van der Waals surface area contributed by atoms with Crippen molar-refractivity contribution in [1.29, 1.82) is 0 Å². The van der Waals surface area contributed by atoms with Crippen LogP contribution in [0.2, 0.25) is 5.02 Å². The highest BCUT2D eigenvalue weighted by Gasteiger charge is 2.15. The third-order valence-electron chi connectivity index (χ3n) is 5.94. The minimum absolute atomic E-state index is 0.221. The van der Waals surface area contributed by atoms with Crippen LogP contribution in [0.25, 0.3) is 5.65 Å². The molecule has 0 spiro atoms. The van der Waals surface area contributed by atoms with Crippen molar-refractivity contribution in [2.24, 2.45) is 0 Å². The number of piperazine rings is 1. The predicted molar refractivity (Wildman–Crippen MR) is 141 cm³/mol. The van der Waals surface area contributed by atoms with Gasteiger partial charge in [-0.1, -0.05) is 35.5 Å². The minimum Gasteiger partial charge on any atom is -0.487 e. The number of aromatic nitrogens is 4. The third-order valence-corrected chi connectivity index (χ3v) is 7.06. The molecular weight excluding hydrogens is 501 g/mol. The summed E-state index contributed by atoms with van der Waals surface area (Å²) in [5, 5.41) is 8.77. The summed E-state index contributed by atoms with van der Waals surface area (Å²) in [5.74, 6) is 1.68. The van der Waals surface area contributed by atoms with Gasteiger partial charge < -0.3 is 15.0 Å². The van der Waals surface area contributed by atoms with Crippen LogP contribution in [0.15, 0.2) is 59.9 Å². The van der Waals surface area contributed by atoms with Crippen LogP contribution in [-0.2, 0) is 6.61 Å². The van der Waals surface area contributed by atoms with Crippen LogP contribution in [0.3, 0.4) is 0 Å². The summed E-state index contributed by atoms with van der Waals surface area (Å²) < 4.78 is 20.8. The Morgan fingerprint density at radius 1 is 1.08 bits per heavy atom. The van der Waals surface area contributed by atoms with Crippen LogP contribution in [0.1, 0.15) is 5.56 Å². The van der Waals surface area contributed by atoms with E-state index in [0.717, 1.165) is 55.4 Å². The van der Waals surface area contributed by atoms with Crippen molar-refractivity contribution in [3.05, 3.63) is 71.1 Å². The van der Waals surface area contributed by atoms with E-state index in [1.807, 2.05) is 12.1 Å². The molecule has 0 atom stereocenters. The lowest BCUT2D eigenvalue weighted by atomic mass is 10.2. The number of nitrogens with zero attached hydrogens (tertiary/aromatic N) is 6. The second kappa shape index (κ2) is 11.4. The summed E-state index contributed by atoms with van der Waals surface area (Å²) in [6, 6.07) is 13.5. The molecule has 188 valence electrons. The highest BCUT2D eigenvalue weighted by atomic mass is 35.5. The third kappa shape index (κ3) is 6.25. The Morgan fingerprint density at radius 2 is 1.94 bits per heavy atom. The Balaban J connectivity index is 1.24. The first kappa shape index (κ1) is 24.8. The van der Waals surface area contributed by atoms with Gasteiger partial charge in [-0.25, -0.2) is 9.37 Å². The molecule has 8 nitrogen and oxygen atoms in total. The average molecular weight is 528 g/mol. The maximum atomic E-state index is 13.4. The zero-order valence-corrected chi connectivity index (χ0v) is 21.5. The predicted octanol–water partition coefficient (Wildman–Crippen LogP) is 4.58. The summed E-state index contributed by atoms with van der Waals surface area (Å²) in [7, 11) is 2.16. The lowest BCUT2D eigenvalue weighted by molar-refractivity contribution is 0.161. The fourth-order valence-electron chi connectivity index (χ4n) is 3.90. The summed E-state index contributed by atoms with van der Waals surface area (Å²) >= 11 is 8.10. The largest absolute Gasteiger partial charge is 0.487 e. The van der Waals surface area contributed by atoms with Gasteiger partial charge in [0, 0.05) is 50.2 Å². The smallest absolute Gasteiger partial charge is 0.232 e. The summed E-state index contributed by atoms with van der Waals surface area (Å²) in [6.07, 6.45) is 1.70. The highest BCUT2D eigenvalue weighted by molar-refractivity contribution is 7.99. The number of thioether (sulfide) groups is 1. The number of ether oxygens (including phenoxy) is 1. The van der Waals surface area contributed by atoms with E-state index in [1.165, 1.54) is 12.1 Å². The number of likely N-dealkylation sites (N-methyl/N-ethyl adjacent to an activating group) is 1. The summed E-state index contributed by atoms with van der Waals surface area (Å²) in [5.41, 5.74) is 2.19. The number of rotatable bonds is 9. The van der Waals surface area contributed by atoms with Crippen LogP contribution >= 0.6 is 23.4 Å². The normalized spacial score (nSPS) is 14.9. The Labute approximate surface area is 218 Å². The van der Waals surface area contributed by atoms with Gasteiger partial charge in [0.25, 0.3) is 0 Å².